The van der Waals surface area contributed by atoms with Gasteiger partial charge in [0.25, 0.3) is 0 Å². The van der Waals surface area contributed by atoms with Crippen molar-refractivity contribution in [2.45, 2.75) is 18.9 Å². The normalized spacial score (nSPS) is 22.6. The van der Waals surface area contributed by atoms with E-state index >= 15 is 0 Å². The Hall–Kier alpha value is -0.910. The molecule has 0 bridgehead atoms. The molecule has 1 aromatic carbocycles. The topological polar surface area (TPSA) is 49.4 Å². The van der Waals surface area contributed by atoms with E-state index in [4.69, 9.17) is 0 Å². The first-order valence-corrected chi connectivity index (χ1v) is 8.13. The molecule has 4 nitrogen and oxygen atoms in total. The molecule has 0 aliphatic carbocycles. The van der Waals surface area contributed by atoms with Gasteiger partial charge in [-0.2, -0.15) is 4.31 Å². The zero-order valence-electron chi connectivity index (χ0n) is 10.7. The van der Waals surface area contributed by atoms with E-state index in [9.17, 15) is 8.42 Å². The van der Waals surface area contributed by atoms with E-state index in [1.54, 1.807) is 4.31 Å². The average molecular weight is 268 g/mol. The number of hydrogen-bond acceptors (Lipinski definition) is 3. The lowest BCUT2D eigenvalue weighted by Gasteiger charge is -2.27. The molecule has 1 fully saturated rings. The zero-order chi connectivity index (χ0) is 13.0. The van der Waals surface area contributed by atoms with Gasteiger partial charge in [-0.05, 0) is 24.9 Å². The third-order valence-electron chi connectivity index (χ3n) is 3.26. The van der Waals surface area contributed by atoms with Gasteiger partial charge in [-0.3, -0.25) is 0 Å². The fourth-order valence-electron chi connectivity index (χ4n) is 2.41. The summed E-state index contributed by atoms with van der Waals surface area (Å²) < 4.78 is 25.3. The van der Waals surface area contributed by atoms with Crippen LogP contribution < -0.4 is 5.32 Å². The van der Waals surface area contributed by atoms with Crippen LogP contribution in [-0.2, 0) is 16.4 Å². The Kier molecular flexibility index (Phi) is 4.37. The highest BCUT2D eigenvalue weighted by Crippen LogP contribution is 2.14. The van der Waals surface area contributed by atoms with Crippen LogP contribution in [0.15, 0.2) is 30.3 Å². The second-order valence-corrected chi connectivity index (χ2v) is 6.71. The van der Waals surface area contributed by atoms with Gasteiger partial charge in [0.1, 0.15) is 0 Å². The van der Waals surface area contributed by atoms with Crippen molar-refractivity contribution < 1.29 is 8.42 Å². The summed E-state index contributed by atoms with van der Waals surface area (Å²) >= 11 is 0. The van der Waals surface area contributed by atoms with Crippen molar-refractivity contribution in [2.24, 2.45) is 0 Å². The predicted octanol–water partition coefficient (Wildman–Crippen LogP) is 0.853. The molecule has 18 heavy (non-hydrogen) atoms. The molecule has 100 valence electrons. The summed E-state index contributed by atoms with van der Waals surface area (Å²) in [5.74, 6) is 0. The van der Waals surface area contributed by atoms with E-state index in [2.05, 4.69) is 5.32 Å². The largest absolute Gasteiger partial charge is 0.315 e. The van der Waals surface area contributed by atoms with Gasteiger partial charge >= 0.3 is 0 Å². The maximum atomic E-state index is 11.8. The van der Waals surface area contributed by atoms with E-state index in [-0.39, 0.29) is 6.04 Å². The van der Waals surface area contributed by atoms with Crippen molar-refractivity contribution >= 4 is 10.0 Å². The van der Waals surface area contributed by atoms with Crippen molar-refractivity contribution in [1.82, 2.24) is 9.62 Å². The molecule has 1 saturated heterocycles. The molecule has 1 aromatic rings. The quantitative estimate of drug-likeness (QED) is 0.884. The molecule has 1 N–H and O–H groups in total. The Morgan fingerprint density at radius 3 is 2.72 bits per heavy atom. The van der Waals surface area contributed by atoms with Crippen molar-refractivity contribution in [2.75, 3.05) is 25.9 Å². The summed E-state index contributed by atoms with van der Waals surface area (Å²) in [4.78, 5) is 0. The summed E-state index contributed by atoms with van der Waals surface area (Å²) in [7, 11) is -3.13. The van der Waals surface area contributed by atoms with Crippen LogP contribution in [0.1, 0.15) is 12.0 Å². The van der Waals surface area contributed by atoms with Gasteiger partial charge in [0.05, 0.1) is 6.26 Å². The van der Waals surface area contributed by atoms with Crippen molar-refractivity contribution in [3.05, 3.63) is 35.9 Å². The molecule has 0 saturated carbocycles. The van der Waals surface area contributed by atoms with Gasteiger partial charge in [0.15, 0.2) is 0 Å². The standard InChI is InChI=1S/C13H20N2O2S/c1-18(16,17)15-9-5-8-14-11-13(15)10-12-6-3-2-4-7-12/h2-4,6-7,13-14H,5,8-11H2,1H3. The Morgan fingerprint density at radius 2 is 2.06 bits per heavy atom. The predicted molar refractivity (Wildman–Crippen MR) is 73.0 cm³/mol. The molecular weight excluding hydrogens is 248 g/mol. The van der Waals surface area contributed by atoms with Crippen molar-refractivity contribution in [3.8, 4) is 0 Å². The molecule has 5 heteroatoms. The monoisotopic (exact) mass is 268 g/mol. The summed E-state index contributed by atoms with van der Waals surface area (Å²) in [6.07, 6.45) is 2.94. The third kappa shape index (κ3) is 3.54. The van der Waals surface area contributed by atoms with Crippen LogP contribution in [0.4, 0.5) is 0 Å². The number of rotatable bonds is 3. The van der Waals surface area contributed by atoms with E-state index < -0.39 is 10.0 Å². The van der Waals surface area contributed by atoms with E-state index in [1.807, 2.05) is 30.3 Å². The van der Waals surface area contributed by atoms with Crippen molar-refractivity contribution in [3.63, 3.8) is 0 Å². The minimum Gasteiger partial charge on any atom is -0.315 e. The summed E-state index contributed by atoms with van der Waals surface area (Å²) in [6.45, 7) is 2.22. The number of sulfonamides is 1. The lowest BCUT2D eigenvalue weighted by molar-refractivity contribution is 0.334. The van der Waals surface area contributed by atoms with Gasteiger partial charge in [-0.25, -0.2) is 8.42 Å². The number of hydrogen-bond donors (Lipinski definition) is 1. The van der Waals surface area contributed by atoms with E-state index in [0.29, 0.717) is 6.54 Å². The highest BCUT2D eigenvalue weighted by atomic mass is 32.2. The Balaban J connectivity index is 2.16. The molecule has 1 heterocycles. The SMILES string of the molecule is CS(=O)(=O)N1CCCNCC1Cc1ccccc1. The van der Waals surface area contributed by atoms with E-state index in [0.717, 1.165) is 25.9 Å². The molecule has 2 rings (SSSR count). The van der Waals surface area contributed by atoms with Gasteiger partial charge < -0.3 is 5.32 Å². The molecule has 1 aliphatic rings. The number of benzene rings is 1. The van der Waals surface area contributed by atoms with Crippen LogP contribution >= 0.6 is 0 Å². The Bertz CT molecular complexity index is 473. The van der Waals surface area contributed by atoms with E-state index in [1.165, 1.54) is 11.8 Å². The number of nitrogens with one attached hydrogen (secondary N) is 1. The van der Waals surface area contributed by atoms with Crippen LogP contribution in [0.5, 0.6) is 0 Å². The molecule has 1 atom stereocenters. The molecule has 0 aromatic heterocycles. The molecule has 0 radical (unpaired) electrons. The molecule has 0 amide bonds. The molecule has 0 spiro atoms. The minimum atomic E-state index is -3.13. The highest BCUT2D eigenvalue weighted by molar-refractivity contribution is 7.88. The van der Waals surface area contributed by atoms with Gasteiger partial charge in [0, 0.05) is 19.1 Å². The first kappa shape index (κ1) is 13.5. The summed E-state index contributed by atoms with van der Waals surface area (Å²) in [6, 6.07) is 10.1. The van der Waals surface area contributed by atoms with Gasteiger partial charge in [0.2, 0.25) is 10.0 Å². The molecule has 1 aliphatic heterocycles. The first-order valence-electron chi connectivity index (χ1n) is 6.29. The smallest absolute Gasteiger partial charge is 0.211 e. The third-order valence-corrected chi connectivity index (χ3v) is 4.59. The lowest BCUT2D eigenvalue weighted by atomic mass is 10.1. The fraction of sp³-hybridized carbons (Fsp3) is 0.538. The second-order valence-electron chi connectivity index (χ2n) is 4.77. The highest BCUT2D eigenvalue weighted by Gasteiger charge is 2.27. The Morgan fingerprint density at radius 1 is 1.33 bits per heavy atom. The minimum absolute atomic E-state index is 0.0184. The van der Waals surface area contributed by atoms with Gasteiger partial charge in [-0.1, -0.05) is 30.3 Å². The van der Waals surface area contributed by atoms with Crippen LogP contribution in [-0.4, -0.2) is 44.7 Å². The van der Waals surface area contributed by atoms with Crippen LogP contribution in [0.3, 0.4) is 0 Å². The lowest BCUT2D eigenvalue weighted by Crippen LogP contribution is -2.44. The van der Waals surface area contributed by atoms with Crippen LogP contribution in [0, 0.1) is 0 Å². The second kappa shape index (κ2) is 5.82. The molecule has 1 unspecified atom stereocenters. The van der Waals surface area contributed by atoms with Gasteiger partial charge in [-0.15, -0.1) is 0 Å². The number of nitrogens with zero attached hydrogens (tertiary/aromatic N) is 1. The maximum Gasteiger partial charge on any atom is 0.211 e. The first-order chi connectivity index (χ1) is 8.57. The van der Waals surface area contributed by atoms with Crippen LogP contribution in [0.2, 0.25) is 0 Å². The zero-order valence-corrected chi connectivity index (χ0v) is 11.5. The Labute approximate surface area is 109 Å². The average Bonchev–Trinajstić information content (AvgIpc) is 2.55. The van der Waals surface area contributed by atoms with Crippen LogP contribution in [0.25, 0.3) is 0 Å². The fourth-order valence-corrected chi connectivity index (χ4v) is 3.56. The molecular formula is C13H20N2O2S. The maximum absolute atomic E-state index is 11.8. The van der Waals surface area contributed by atoms with Crippen molar-refractivity contribution in [1.29, 1.82) is 0 Å². The summed E-state index contributed by atoms with van der Waals surface area (Å²) in [5, 5.41) is 3.31. The summed E-state index contributed by atoms with van der Waals surface area (Å²) in [5.41, 5.74) is 1.18.